The Morgan fingerprint density at radius 2 is 1.70 bits per heavy atom. The zero-order chi connectivity index (χ0) is 14.2. The highest BCUT2D eigenvalue weighted by atomic mass is 15.2. The Kier molecular flexibility index (Phi) is 3.57. The summed E-state index contributed by atoms with van der Waals surface area (Å²) in [5.74, 6) is 1.95. The molecule has 3 rings (SSSR count). The van der Waals surface area contributed by atoms with Crippen molar-refractivity contribution in [3.05, 3.63) is 35.4 Å². The molecule has 1 fully saturated rings. The molecule has 2 aliphatic heterocycles. The SMILES string of the molecule is CC(C)(C)c1ccc(C2CN=C(N3CCCC3)C2)cc1. The summed E-state index contributed by atoms with van der Waals surface area (Å²) in [6, 6.07) is 9.22. The molecule has 1 atom stereocenters. The number of benzene rings is 1. The quantitative estimate of drug-likeness (QED) is 0.754. The van der Waals surface area contributed by atoms with Gasteiger partial charge in [0.15, 0.2) is 0 Å². The Hall–Kier alpha value is -1.31. The van der Waals surface area contributed by atoms with E-state index >= 15 is 0 Å². The molecule has 2 heterocycles. The average Bonchev–Trinajstić information content (AvgIpc) is 3.09. The molecule has 2 aliphatic rings. The van der Waals surface area contributed by atoms with Crippen LogP contribution in [0.5, 0.6) is 0 Å². The van der Waals surface area contributed by atoms with E-state index < -0.39 is 0 Å². The molecule has 0 amide bonds. The van der Waals surface area contributed by atoms with E-state index in [0.29, 0.717) is 5.92 Å². The fourth-order valence-corrected chi connectivity index (χ4v) is 3.25. The number of amidine groups is 1. The summed E-state index contributed by atoms with van der Waals surface area (Å²) in [4.78, 5) is 7.28. The van der Waals surface area contributed by atoms with Crippen molar-refractivity contribution in [2.75, 3.05) is 19.6 Å². The van der Waals surface area contributed by atoms with Crippen molar-refractivity contribution in [1.29, 1.82) is 0 Å². The number of hydrogen-bond acceptors (Lipinski definition) is 2. The van der Waals surface area contributed by atoms with Crippen molar-refractivity contribution < 1.29 is 0 Å². The lowest BCUT2D eigenvalue weighted by Gasteiger charge is -2.20. The summed E-state index contributed by atoms with van der Waals surface area (Å²) in [5.41, 5.74) is 3.11. The molecular formula is C18H26N2. The van der Waals surface area contributed by atoms with Crippen molar-refractivity contribution in [2.45, 2.75) is 51.4 Å². The number of hydrogen-bond donors (Lipinski definition) is 0. The van der Waals surface area contributed by atoms with Gasteiger partial charge in [0, 0.05) is 32.0 Å². The maximum Gasteiger partial charge on any atom is 0.0996 e. The number of likely N-dealkylation sites (tertiary alicyclic amines) is 1. The molecule has 1 aromatic rings. The standard InChI is InChI=1S/C18H26N2/c1-18(2,3)16-8-6-14(7-9-16)15-12-17(19-13-15)20-10-4-5-11-20/h6-9,15H,4-5,10-13H2,1-3H3. The molecule has 1 aromatic carbocycles. The Balaban J connectivity index is 1.66. The normalized spacial score (nSPS) is 23.2. The van der Waals surface area contributed by atoms with Crippen LogP contribution in [-0.2, 0) is 5.41 Å². The zero-order valence-electron chi connectivity index (χ0n) is 13.0. The first-order valence-corrected chi connectivity index (χ1v) is 7.93. The van der Waals surface area contributed by atoms with Gasteiger partial charge in [-0.3, -0.25) is 4.99 Å². The van der Waals surface area contributed by atoms with Gasteiger partial charge in [-0.05, 0) is 29.4 Å². The van der Waals surface area contributed by atoms with Gasteiger partial charge < -0.3 is 4.90 Å². The minimum absolute atomic E-state index is 0.241. The van der Waals surface area contributed by atoms with Crippen LogP contribution in [0.2, 0.25) is 0 Å². The van der Waals surface area contributed by atoms with Crippen molar-refractivity contribution in [3.8, 4) is 0 Å². The van der Waals surface area contributed by atoms with Crippen LogP contribution in [-0.4, -0.2) is 30.4 Å². The topological polar surface area (TPSA) is 15.6 Å². The molecule has 0 radical (unpaired) electrons. The van der Waals surface area contributed by atoms with Crippen molar-refractivity contribution in [3.63, 3.8) is 0 Å². The van der Waals surface area contributed by atoms with E-state index in [1.54, 1.807) is 0 Å². The second kappa shape index (κ2) is 5.23. The fraction of sp³-hybridized carbons (Fsp3) is 0.611. The van der Waals surface area contributed by atoms with Gasteiger partial charge in [-0.15, -0.1) is 0 Å². The third-order valence-corrected chi connectivity index (χ3v) is 4.64. The van der Waals surface area contributed by atoms with Gasteiger partial charge in [0.2, 0.25) is 0 Å². The van der Waals surface area contributed by atoms with Crippen molar-refractivity contribution in [1.82, 2.24) is 4.90 Å². The van der Waals surface area contributed by atoms with Crippen LogP contribution in [0.3, 0.4) is 0 Å². The molecule has 2 heteroatoms. The summed E-state index contributed by atoms with van der Waals surface area (Å²) < 4.78 is 0. The minimum Gasteiger partial charge on any atom is -0.360 e. The van der Waals surface area contributed by atoms with Gasteiger partial charge in [-0.2, -0.15) is 0 Å². The Bertz CT molecular complexity index is 487. The molecule has 0 bridgehead atoms. The van der Waals surface area contributed by atoms with Crippen LogP contribution in [0.15, 0.2) is 29.3 Å². The largest absolute Gasteiger partial charge is 0.360 e. The lowest BCUT2D eigenvalue weighted by atomic mass is 9.85. The van der Waals surface area contributed by atoms with Crippen LogP contribution < -0.4 is 0 Å². The summed E-state index contributed by atoms with van der Waals surface area (Å²) in [5, 5.41) is 0. The second-order valence-electron chi connectivity index (χ2n) is 7.22. The summed E-state index contributed by atoms with van der Waals surface area (Å²) >= 11 is 0. The van der Waals surface area contributed by atoms with E-state index in [1.807, 2.05) is 0 Å². The second-order valence-corrected chi connectivity index (χ2v) is 7.22. The Morgan fingerprint density at radius 1 is 1.05 bits per heavy atom. The lowest BCUT2D eigenvalue weighted by molar-refractivity contribution is 0.509. The summed E-state index contributed by atoms with van der Waals surface area (Å²) in [6.07, 6.45) is 3.81. The summed E-state index contributed by atoms with van der Waals surface area (Å²) in [6.45, 7) is 10.2. The van der Waals surface area contributed by atoms with Gasteiger partial charge in [0.1, 0.15) is 0 Å². The number of nitrogens with zero attached hydrogens (tertiary/aromatic N) is 2. The first-order chi connectivity index (χ1) is 9.54. The van der Waals surface area contributed by atoms with Gasteiger partial charge >= 0.3 is 0 Å². The van der Waals surface area contributed by atoms with Crippen LogP contribution in [0, 0.1) is 0 Å². The van der Waals surface area contributed by atoms with E-state index in [2.05, 4.69) is 49.9 Å². The molecule has 0 aliphatic carbocycles. The van der Waals surface area contributed by atoms with E-state index in [9.17, 15) is 0 Å². The van der Waals surface area contributed by atoms with Crippen LogP contribution in [0.25, 0.3) is 0 Å². The monoisotopic (exact) mass is 270 g/mol. The summed E-state index contributed by atoms with van der Waals surface area (Å²) in [7, 11) is 0. The highest BCUT2D eigenvalue weighted by Crippen LogP contribution is 2.30. The minimum atomic E-state index is 0.241. The Morgan fingerprint density at radius 3 is 2.30 bits per heavy atom. The van der Waals surface area contributed by atoms with E-state index in [1.165, 1.54) is 42.9 Å². The lowest BCUT2D eigenvalue weighted by Crippen LogP contribution is -2.26. The third kappa shape index (κ3) is 2.74. The molecule has 108 valence electrons. The van der Waals surface area contributed by atoms with Gasteiger partial charge in [0.25, 0.3) is 0 Å². The maximum absolute atomic E-state index is 4.79. The van der Waals surface area contributed by atoms with E-state index in [0.717, 1.165) is 13.0 Å². The molecule has 0 saturated carbocycles. The van der Waals surface area contributed by atoms with Crippen LogP contribution in [0.4, 0.5) is 0 Å². The third-order valence-electron chi connectivity index (χ3n) is 4.64. The molecule has 1 unspecified atom stereocenters. The molecular weight excluding hydrogens is 244 g/mol. The Labute approximate surface area is 122 Å². The fourth-order valence-electron chi connectivity index (χ4n) is 3.25. The molecule has 0 aromatic heterocycles. The van der Waals surface area contributed by atoms with Crippen LogP contribution >= 0.6 is 0 Å². The van der Waals surface area contributed by atoms with E-state index in [4.69, 9.17) is 4.99 Å². The van der Waals surface area contributed by atoms with E-state index in [-0.39, 0.29) is 5.41 Å². The maximum atomic E-state index is 4.79. The van der Waals surface area contributed by atoms with Gasteiger partial charge in [-0.1, -0.05) is 45.0 Å². The first-order valence-electron chi connectivity index (χ1n) is 7.93. The van der Waals surface area contributed by atoms with Crippen molar-refractivity contribution >= 4 is 5.84 Å². The predicted octanol–water partition coefficient (Wildman–Crippen LogP) is 3.97. The highest BCUT2D eigenvalue weighted by molar-refractivity contribution is 5.85. The molecule has 1 saturated heterocycles. The first kappa shape index (κ1) is 13.7. The number of aliphatic imine (C=N–C) groups is 1. The molecule has 20 heavy (non-hydrogen) atoms. The molecule has 0 N–H and O–H groups in total. The van der Waals surface area contributed by atoms with Crippen molar-refractivity contribution in [2.24, 2.45) is 4.99 Å². The molecule has 2 nitrogen and oxygen atoms in total. The zero-order valence-corrected chi connectivity index (χ0v) is 13.0. The van der Waals surface area contributed by atoms with Gasteiger partial charge in [0.05, 0.1) is 5.84 Å². The van der Waals surface area contributed by atoms with Crippen LogP contribution in [0.1, 0.15) is 57.1 Å². The average molecular weight is 270 g/mol. The van der Waals surface area contributed by atoms with Gasteiger partial charge in [-0.25, -0.2) is 0 Å². The molecule has 0 spiro atoms. The predicted molar refractivity (Wildman–Crippen MR) is 85.6 cm³/mol. The number of rotatable bonds is 1. The smallest absolute Gasteiger partial charge is 0.0996 e. The highest BCUT2D eigenvalue weighted by Gasteiger charge is 2.26.